The first-order valence-corrected chi connectivity index (χ1v) is 11.4. The second-order valence-electron chi connectivity index (χ2n) is 8.10. The largest absolute Gasteiger partial charge is 0.369 e. The van der Waals surface area contributed by atoms with Crippen LogP contribution >= 0.6 is 11.3 Å². The maximum atomic E-state index is 12.6. The standard InChI is InChI=1S/C24H32N2O3S/c1-4-20(21(27)15-19(24(25)29)14-16(2)3)26-23(28)12-9-17-7-10-18(11-8-17)22-6-5-13-30-22/h5-8,10-11,13,16,19-20H,4,9,12,14-15H2,1-3H3,(H2,25,29)(H,26,28)/t19-,20+/m1/s1. The number of nitrogens with two attached hydrogens (primary N) is 1. The van der Waals surface area contributed by atoms with E-state index in [1.807, 2.05) is 44.4 Å². The van der Waals surface area contributed by atoms with E-state index in [2.05, 4.69) is 23.5 Å². The van der Waals surface area contributed by atoms with Gasteiger partial charge in [0.2, 0.25) is 11.8 Å². The van der Waals surface area contributed by atoms with Crippen LogP contribution in [0.1, 0.15) is 52.0 Å². The first-order valence-electron chi connectivity index (χ1n) is 10.5. The highest BCUT2D eigenvalue weighted by atomic mass is 32.1. The van der Waals surface area contributed by atoms with Crippen LogP contribution in [0.15, 0.2) is 41.8 Å². The van der Waals surface area contributed by atoms with Gasteiger partial charge in [0.05, 0.1) is 6.04 Å². The van der Waals surface area contributed by atoms with Crippen molar-refractivity contribution >= 4 is 28.9 Å². The quantitative estimate of drug-likeness (QED) is 0.527. The summed E-state index contributed by atoms with van der Waals surface area (Å²) in [6, 6.07) is 11.7. The van der Waals surface area contributed by atoms with Crippen LogP contribution in [0.3, 0.4) is 0 Å². The highest BCUT2D eigenvalue weighted by Crippen LogP contribution is 2.25. The van der Waals surface area contributed by atoms with Crippen LogP contribution in [0.2, 0.25) is 0 Å². The lowest BCUT2D eigenvalue weighted by molar-refractivity contribution is -0.131. The third-order valence-electron chi connectivity index (χ3n) is 5.14. The molecule has 1 aromatic carbocycles. The molecule has 162 valence electrons. The van der Waals surface area contributed by atoms with Crippen molar-refractivity contribution in [3.63, 3.8) is 0 Å². The fourth-order valence-corrected chi connectivity index (χ4v) is 4.20. The SMILES string of the molecule is CC[C@H](NC(=O)CCc1ccc(-c2cccs2)cc1)C(=O)C[C@@H](CC(C)C)C(N)=O. The topological polar surface area (TPSA) is 89.3 Å². The van der Waals surface area contributed by atoms with E-state index in [9.17, 15) is 14.4 Å². The molecule has 0 aliphatic rings. The van der Waals surface area contributed by atoms with Gasteiger partial charge >= 0.3 is 0 Å². The third kappa shape index (κ3) is 7.41. The Morgan fingerprint density at radius 3 is 2.33 bits per heavy atom. The number of benzene rings is 1. The van der Waals surface area contributed by atoms with Gasteiger partial charge in [-0.25, -0.2) is 0 Å². The number of Topliss-reactive ketones (excluding diaryl/α,β-unsaturated/α-hetero) is 1. The van der Waals surface area contributed by atoms with Crippen molar-refractivity contribution in [2.24, 2.45) is 17.6 Å². The van der Waals surface area contributed by atoms with Crippen LogP contribution in [-0.4, -0.2) is 23.6 Å². The van der Waals surface area contributed by atoms with Gasteiger partial charge < -0.3 is 11.1 Å². The van der Waals surface area contributed by atoms with E-state index in [0.717, 1.165) is 5.56 Å². The van der Waals surface area contributed by atoms with Gasteiger partial charge in [-0.3, -0.25) is 14.4 Å². The number of rotatable bonds is 12. The molecular formula is C24H32N2O3S. The molecule has 5 nitrogen and oxygen atoms in total. The van der Waals surface area contributed by atoms with E-state index in [1.165, 1.54) is 10.4 Å². The van der Waals surface area contributed by atoms with Gasteiger partial charge in [0.1, 0.15) is 0 Å². The maximum absolute atomic E-state index is 12.6. The van der Waals surface area contributed by atoms with Crippen molar-refractivity contribution in [3.8, 4) is 10.4 Å². The molecule has 0 bridgehead atoms. The molecule has 30 heavy (non-hydrogen) atoms. The molecule has 0 saturated carbocycles. The Balaban J connectivity index is 1.85. The van der Waals surface area contributed by atoms with Crippen molar-refractivity contribution in [1.29, 1.82) is 0 Å². The van der Waals surface area contributed by atoms with E-state index in [4.69, 9.17) is 5.73 Å². The summed E-state index contributed by atoms with van der Waals surface area (Å²) in [7, 11) is 0. The van der Waals surface area contributed by atoms with E-state index in [-0.39, 0.29) is 24.0 Å². The molecule has 6 heteroatoms. The highest BCUT2D eigenvalue weighted by Gasteiger charge is 2.26. The number of hydrogen-bond donors (Lipinski definition) is 2. The number of aryl methyl sites for hydroxylation is 1. The van der Waals surface area contributed by atoms with Gasteiger partial charge in [-0.15, -0.1) is 11.3 Å². The molecule has 0 fully saturated rings. The summed E-state index contributed by atoms with van der Waals surface area (Å²) in [6.07, 6.45) is 2.07. The van der Waals surface area contributed by atoms with Crippen LogP contribution in [0, 0.1) is 11.8 Å². The Labute approximate surface area is 183 Å². The molecule has 2 aromatic rings. The fraction of sp³-hybridized carbons (Fsp3) is 0.458. The highest BCUT2D eigenvalue weighted by molar-refractivity contribution is 7.13. The van der Waals surface area contributed by atoms with E-state index in [1.54, 1.807) is 11.3 Å². The van der Waals surface area contributed by atoms with Crippen molar-refractivity contribution < 1.29 is 14.4 Å². The average Bonchev–Trinajstić information content (AvgIpc) is 3.24. The van der Waals surface area contributed by atoms with Crippen LogP contribution in [0.5, 0.6) is 0 Å². The lowest BCUT2D eigenvalue weighted by Crippen LogP contribution is -2.42. The summed E-state index contributed by atoms with van der Waals surface area (Å²) in [5.41, 5.74) is 7.70. The molecule has 0 aliphatic heterocycles. The molecule has 2 atom stereocenters. The Bertz CT molecular complexity index is 829. The molecule has 0 radical (unpaired) electrons. The number of amides is 2. The van der Waals surface area contributed by atoms with Crippen LogP contribution < -0.4 is 11.1 Å². The number of nitrogens with one attached hydrogen (secondary N) is 1. The summed E-state index contributed by atoms with van der Waals surface area (Å²) < 4.78 is 0. The monoisotopic (exact) mass is 428 g/mol. The van der Waals surface area contributed by atoms with Crippen LogP contribution in [0.4, 0.5) is 0 Å². The van der Waals surface area contributed by atoms with Gasteiger partial charge in [0.25, 0.3) is 0 Å². The Morgan fingerprint density at radius 2 is 1.80 bits per heavy atom. The molecule has 0 aliphatic carbocycles. The Morgan fingerprint density at radius 1 is 1.10 bits per heavy atom. The number of primary amides is 1. The maximum Gasteiger partial charge on any atom is 0.220 e. The van der Waals surface area contributed by atoms with Gasteiger partial charge in [-0.2, -0.15) is 0 Å². The van der Waals surface area contributed by atoms with E-state index in [0.29, 0.717) is 25.7 Å². The lowest BCUT2D eigenvalue weighted by Gasteiger charge is -2.20. The molecule has 0 spiro atoms. The number of hydrogen-bond acceptors (Lipinski definition) is 4. The summed E-state index contributed by atoms with van der Waals surface area (Å²) in [4.78, 5) is 37.9. The molecule has 3 N–H and O–H groups in total. The zero-order chi connectivity index (χ0) is 22.1. The molecule has 0 unspecified atom stereocenters. The number of thiophene rings is 1. The summed E-state index contributed by atoms with van der Waals surface area (Å²) in [5, 5.41) is 4.88. The second-order valence-corrected chi connectivity index (χ2v) is 9.05. The predicted molar refractivity (Wildman–Crippen MR) is 122 cm³/mol. The molecule has 1 heterocycles. The van der Waals surface area contributed by atoms with Gasteiger partial charge in [0, 0.05) is 23.6 Å². The minimum atomic E-state index is -0.576. The predicted octanol–water partition coefficient (Wildman–Crippen LogP) is 4.35. The number of ketones is 1. The second kappa shape index (κ2) is 11.6. The van der Waals surface area contributed by atoms with Gasteiger partial charge in [0.15, 0.2) is 5.78 Å². The zero-order valence-electron chi connectivity index (χ0n) is 18.0. The zero-order valence-corrected chi connectivity index (χ0v) is 18.8. The molecule has 2 rings (SSSR count). The molecule has 2 amide bonds. The Kier molecular flexibility index (Phi) is 9.24. The lowest BCUT2D eigenvalue weighted by atomic mass is 9.89. The first-order chi connectivity index (χ1) is 14.3. The number of carbonyl (C=O) groups is 3. The minimum absolute atomic E-state index is 0.0798. The Hall–Kier alpha value is -2.47. The third-order valence-corrected chi connectivity index (χ3v) is 6.06. The average molecular weight is 429 g/mol. The van der Waals surface area contributed by atoms with E-state index >= 15 is 0 Å². The van der Waals surface area contributed by atoms with Crippen LogP contribution in [-0.2, 0) is 20.8 Å². The fourth-order valence-electron chi connectivity index (χ4n) is 3.47. The van der Waals surface area contributed by atoms with Crippen molar-refractivity contribution in [2.75, 3.05) is 0 Å². The first kappa shape index (κ1) is 23.8. The smallest absolute Gasteiger partial charge is 0.220 e. The number of carbonyl (C=O) groups excluding carboxylic acids is 3. The summed E-state index contributed by atoms with van der Waals surface area (Å²) >= 11 is 1.70. The molecule has 1 aromatic heterocycles. The minimum Gasteiger partial charge on any atom is -0.369 e. The molecule has 0 saturated heterocycles. The van der Waals surface area contributed by atoms with Crippen molar-refractivity contribution in [3.05, 3.63) is 47.3 Å². The van der Waals surface area contributed by atoms with Gasteiger partial charge in [-0.05, 0) is 47.8 Å². The summed E-state index contributed by atoms with van der Waals surface area (Å²) in [5.74, 6) is -0.946. The summed E-state index contributed by atoms with van der Waals surface area (Å²) in [6.45, 7) is 5.84. The normalized spacial score (nSPS) is 13.1. The molecular weight excluding hydrogens is 396 g/mol. The van der Waals surface area contributed by atoms with E-state index < -0.39 is 17.9 Å². The van der Waals surface area contributed by atoms with Gasteiger partial charge in [-0.1, -0.05) is 51.1 Å². The van der Waals surface area contributed by atoms with Crippen LogP contribution in [0.25, 0.3) is 10.4 Å². The van der Waals surface area contributed by atoms with Crippen molar-refractivity contribution in [1.82, 2.24) is 5.32 Å². The van der Waals surface area contributed by atoms with Crippen molar-refractivity contribution in [2.45, 2.75) is 58.9 Å².